The maximum Gasteiger partial charge on any atom is 0.314 e. The second-order valence-corrected chi connectivity index (χ2v) is 14.8. The molecule has 1 heterocycles. The molecule has 2 nitrogen and oxygen atoms in total. The number of carbonyl (C=O) groups is 1. The van der Waals surface area contributed by atoms with E-state index in [0.717, 1.165) is 19.3 Å². The van der Waals surface area contributed by atoms with E-state index in [4.69, 9.17) is 4.74 Å². The molecule has 132 valence electrons. The Morgan fingerprint density at radius 3 is 2.09 bits per heavy atom. The zero-order valence-electron chi connectivity index (χ0n) is 16.4. The Hall–Kier alpha value is -0.573. The second-order valence-electron chi connectivity index (χ2n) is 8.86. The van der Waals surface area contributed by atoms with Crippen molar-refractivity contribution < 1.29 is 9.53 Å². The van der Waals surface area contributed by atoms with Crippen molar-refractivity contribution >= 4 is 14.0 Å². The highest BCUT2D eigenvalue weighted by atomic mass is 28.3. The van der Waals surface area contributed by atoms with Crippen molar-refractivity contribution in [2.45, 2.75) is 97.4 Å². The van der Waals surface area contributed by atoms with E-state index in [1.165, 1.54) is 5.20 Å². The Labute approximate surface area is 144 Å². The molecule has 1 aliphatic carbocycles. The van der Waals surface area contributed by atoms with Crippen molar-refractivity contribution in [3.63, 3.8) is 0 Å². The number of esters is 1. The molecule has 0 radical (unpaired) electrons. The van der Waals surface area contributed by atoms with Crippen LogP contribution in [-0.2, 0) is 9.53 Å². The molecular formula is C20H36O2Si. The molecule has 1 fully saturated rings. The summed E-state index contributed by atoms with van der Waals surface area (Å²) in [5.74, 6) is 0.105. The van der Waals surface area contributed by atoms with Gasteiger partial charge in [0.15, 0.2) is 0 Å². The smallest absolute Gasteiger partial charge is 0.314 e. The predicted octanol–water partition coefficient (Wildman–Crippen LogP) is 5.88. The highest BCUT2D eigenvalue weighted by Crippen LogP contribution is 2.62. The molecule has 0 aromatic rings. The summed E-state index contributed by atoms with van der Waals surface area (Å²) in [5, 5.41) is 1.50. The van der Waals surface area contributed by atoms with Crippen LogP contribution < -0.4 is 0 Å². The van der Waals surface area contributed by atoms with E-state index in [-0.39, 0.29) is 23.4 Å². The number of hydrogen-bond donors (Lipinski definition) is 0. The topological polar surface area (TPSA) is 26.3 Å². The first-order chi connectivity index (χ1) is 10.6. The second kappa shape index (κ2) is 6.38. The average Bonchev–Trinajstić information content (AvgIpc) is 2.58. The molecule has 23 heavy (non-hydrogen) atoms. The standard InChI is InChI=1S/C20H36O2Si/c1-9-10-11-17-20(8)12-16(18(20)19(21)22-17)23(13(2)3,14(4)5)15(6)7/h12-15,17-18H,9-11H2,1-8H3/t17-,18-,20+/m1/s1. The van der Waals surface area contributed by atoms with Gasteiger partial charge in [-0.15, -0.1) is 0 Å². The van der Waals surface area contributed by atoms with Crippen LogP contribution in [0, 0.1) is 11.3 Å². The molecule has 0 amide bonds. The van der Waals surface area contributed by atoms with Gasteiger partial charge in [0, 0.05) is 5.41 Å². The van der Waals surface area contributed by atoms with Gasteiger partial charge in [-0.25, -0.2) is 0 Å². The van der Waals surface area contributed by atoms with Gasteiger partial charge in [-0.3, -0.25) is 4.79 Å². The molecule has 2 aliphatic rings. The lowest BCUT2D eigenvalue weighted by Crippen LogP contribution is -2.56. The summed E-state index contributed by atoms with van der Waals surface area (Å²) < 4.78 is 5.85. The van der Waals surface area contributed by atoms with E-state index < -0.39 is 8.07 Å². The van der Waals surface area contributed by atoms with Crippen molar-refractivity contribution in [3.8, 4) is 0 Å². The molecule has 1 aliphatic heterocycles. The van der Waals surface area contributed by atoms with E-state index >= 15 is 0 Å². The molecule has 0 unspecified atom stereocenters. The largest absolute Gasteiger partial charge is 0.461 e. The number of rotatable bonds is 7. The number of ether oxygens (including phenoxy) is 1. The third-order valence-corrected chi connectivity index (χ3v) is 13.9. The molecule has 3 heteroatoms. The van der Waals surface area contributed by atoms with Gasteiger partial charge >= 0.3 is 5.97 Å². The van der Waals surface area contributed by atoms with Gasteiger partial charge < -0.3 is 4.74 Å². The molecule has 0 spiro atoms. The van der Waals surface area contributed by atoms with Crippen LogP contribution in [0.5, 0.6) is 0 Å². The van der Waals surface area contributed by atoms with Crippen LogP contribution in [0.4, 0.5) is 0 Å². The molecule has 0 saturated carbocycles. The first-order valence-electron chi connectivity index (χ1n) is 9.57. The van der Waals surface area contributed by atoms with Gasteiger partial charge in [0.1, 0.15) is 6.10 Å². The SMILES string of the molecule is CCCC[C@H]1OC(=O)[C@H]2C([Si](C(C)C)(C(C)C)C(C)C)=C[C@]21C. The van der Waals surface area contributed by atoms with Crippen LogP contribution in [0.25, 0.3) is 0 Å². The normalized spacial score (nSPS) is 30.6. The Bertz CT molecular complexity index is 470. The fourth-order valence-corrected chi connectivity index (χ4v) is 13.4. The first kappa shape index (κ1) is 18.8. The van der Waals surface area contributed by atoms with Crippen molar-refractivity contribution in [3.05, 3.63) is 11.3 Å². The molecule has 3 atom stereocenters. The predicted molar refractivity (Wildman–Crippen MR) is 100 cm³/mol. The highest BCUT2D eigenvalue weighted by Gasteiger charge is 2.65. The molecule has 0 aromatic heterocycles. The van der Waals surface area contributed by atoms with Gasteiger partial charge in [-0.05, 0) is 23.0 Å². The Kier molecular flexibility index (Phi) is 5.21. The van der Waals surface area contributed by atoms with Crippen LogP contribution >= 0.6 is 0 Å². The summed E-state index contributed by atoms with van der Waals surface area (Å²) in [6.45, 7) is 18.7. The number of carbonyl (C=O) groups excluding carboxylic acids is 1. The molecule has 0 aromatic carbocycles. The third kappa shape index (κ3) is 2.54. The third-order valence-electron chi connectivity index (χ3n) is 6.77. The number of unbranched alkanes of at least 4 members (excludes halogenated alkanes) is 1. The van der Waals surface area contributed by atoms with E-state index in [1.807, 2.05) is 0 Å². The summed E-state index contributed by atoms with van der Waals surface area (Å²) in [6, 6.07) is 0. The fraction of sp³-hybridized carbons (Fsp3) is 0.850. The Balaban J connectivity index is 2.43. The lowest BCUT2D eigenvalue weighted by molar-refractivity contribution is -0.143. The van der Waals surface area contributed by atoms with E-state index in [1.54, 1.807) is 0 Å². The quantitative estimate of drug-likeness (QED) is 0.428. The summed E-state index contributed by atoms with van der Waals surface area (Å²) >= 11 is 0. The zero-order valence-corrected chi connectivity index (χ0v) is 17.4. The first-order valence-corrected chi connectivity index (χ1v) is 11.8. The van der Waals surface area contributed by atoms with E-state index in [0.29, 0.717) is 16.6 Å². The van der Waals surface area contributed by atoms with Gasteiger partial charge in [0.05, 0.1) is 14.0 Å². The number of cyclic esters (lactones) is 1. The maximum absolute atomic E-state index is 12.7. The summed E-state index contributed by atoms with van der Waals surface area (Å²) in [6.07, 6.45) is 5.90. The molecule has 2 rings (SSSR count). The van der Waals surface area contributed by atoms with Crippen LogP contribution in [-0.4, -0.2) is 20.1 Å². The summed E-state index contributed by atoms with van der Waals surface area (Å²) in [7, 11) is -1.72. The molecule has 0 bridgehead atoms. The molecular weight excluding hydrogens is 300 g/mol. The average molecular weight is 337 g/mol. The van der Waals surface area contributed by atoms with E-state index in [9.17, 15) is 4.79 Å². The summed E-state index contributed by atoms with van der Waals surface area (Å²) in [4.78, 5) is 12.7. The van der Waals surface area contributed by atoms with Crippen LogP contribution in [0.1, 0.15) is 74.7 Å². The fourth-order valence-electron chi connectivity index (χ4n) is 5.87. The van der Waals surface area contributed by atoms with Crippen molar-refractivity contribution in [2.24, 2.45) is 11.3 Å². The Morgan fingerprint density at radius 2 is 1.65 bits per heavy atom. The van der Waals surface area contributed by atoms with Gasteiger partial charge in [-0.1, -0.05) is 79.5 Å². The van der Waals surface area contributed by atoms with Gasteiger partial charge in [0.25, 0.3) is 0 Å². The number of fused-ring (bicyclic) bond motifs is 1. The highest BCUT2D eigenvalue weighted by molar-refractivity contribution is 6.90. The zero-order chi connectivity index (χ0) is 17.6. The van der Waals surface area contributed by atoms with Crippen molar-refractivity contribution in [1.29, 1.82) is 0 Å². The van der Waals surface area contributed by atoms with Crippen LogP contribution in [0.15, 0.2) is 11.3 Å². The van der Waals surface area contributed by atoms with Crippen LogP contribution in [0.3, 0.4) is 0 Å². The minimum atomic E-state index is -1.72. The maximum atomic E-state index is 12.7. The summed E-state index contributed by atoms with van der Waals surface area (Å²) in [5.41, 5.74) is 1.92. The van der Waals surface area contributed by atoms with E-state index in [2.05, 4.69) is 61.5 Å². The lowest BCUT2D eigenvalue weighted by atomic mass is 9.65. The lowest BCUT2D eigenvalue weighted by Gasteiger charge is -2.54. The Morgan fingerprint density at radius 1 is 1.13 bits per heavy atom. The minimum Gasteiger partial charge on any atom is -0.461 e. The van der Waals surface area contributed by atoms with Gasteiger partial charge in [0.2, 0.25) is 0 Å². The van der Waals surface area contributed by atoms with Crippen LogP contribution in [0.2, 0.25) is 16.6 Å². The number of hydrogen-bond acceptors (Lipinski definition) is 2. The minimum absolute atomic E-state index is 0.0431. The van der Waals surface area contributed by atoms with Crippen molar-refractivity contribution in [1.82, 2.24) is 0 Å². The van der Waals surface area contributed by atoms with Crippen molar-refractivity contribution in [2.75, 3.05) is 0 Å². The molecule has 0 N–H and O–H groups in total. The van der Waals surface area contributed by atoms with Gasteiger partial charge in [-0.2, -0.15) is 0 Å². The molecule has 1 saturated heterocycles. The monoisotopic (exact) mass is 336 g/mol.